The summed E-state index contributed by atoms with van der Waals surface area (Å²) in [6.07, 6.45) is 6.37. The Bertz CT molecular complexity index is 654. The predicted octanol–water partition coefficient (Wildman–Crippen LogP) is 4.82. The van der Waals surface area contributed by atoms with Gasteiger partial charge in [-0.2, -0.15) is 0 Å². The number of rotatable bonds is 2. The lowest BCUT2D eigenvalue weighted by Crippen LogP contribution is -2.07. The molecule has 1 N–H and O–H groups in total. The van der Waals surface area contributed by atoms with Gasteiger partial charge >= 0.3 is 0 Å². The number of nitrogens with zero attached hydrogens (tertiary/aromatic N) is 1. The van der Waals surface area contributed by atoms with Crippen molar-refractivity contribution in [3.63, 3.8) is 0 Å². The van der Waals surface area contributed by atoms with Gasteiger partial charge in [0.15, 0.2) is 0 Å². The monoisotopic (exact) mass is 290 g/mol. The first-order valence-electron chi connectivity index (χ1n) is 6.41. The van der Waals surface area contributed by atoms with Crippen LogP contribution in [0.4, 0.5) is 4.39 Å². The lowest BCUT2D eigenvalue weighted by Gasteiger charge is -2.16. The molecule has 1 heterocycles. The van der Waals surface area contributed by atoms with Crippen LogP contribution in [0.1, 0.15) is 26.3 Å². The van der Waals surface area contributed by atoms with Crippen molar-refractivity contribution in [3.8, 4) is 0 Å². The van der Waals surface area contributed by atoms with E-state index in [9.17, 15) is 4.39 Å². The predicted molar refractivity (Wildman–Crippen MR) is 81.6 cm³/mol. The maximum absolute atomic E-state index is 13.9. The van der Waals surface area contributed by atoms with Crippen molar-refractivity contribution in [2.24, 2.45) is 5.92 Å². The molecule has 0 bridgehead atoms. The van der Waals surface area contributed by atoms with Crippen LogP contribution >= 0.6 is 11.6 Å². The van der Waals surface area contributed by atoms with Gasteiger partial charge in [-0.05, 0) is 42.2 Å². The first-order chi connectivity index (χ1) is 9.40. The molecule has 0 saturated carbocycles. The van der Waals surface area contributed by atoms with Gasteiger partial charge < -0.3 is 5.41 Å². The Balaban J connectivity index is 2.56. The van der Waals surface area contributed by atoms with Crippen LogP contribution in [0.25, 0.3) is 5.57 Å². The number of nitrogens with one attached hydrogen (secondary N) is 1. The highest BCUT2D eigenvalue weighted by Gasteiger charge is 2.15. The summed E-state index contributed by atoms with van der Waals surface area (Å²) in [6.45, 7) is 6.15. The number of hydrogen-bond acceptors (Lipinski definition) is 2. The first-order valence-corrected chi connectivity index (χ1v) is 6.79. The minimum absolute atomic E-state index is 0.252. The molecule has 1 aromatic rings. The largest absolute Gasteiger partial charge is 0.300 e. The first kappa shape index (κ1) is 14.7. The summed E-state index contributed by atoms with van der Waals surface area (Å²) < 4.78 is 13.9. The normalized spacial score (nSPS) is 17.5. The van der Waals surface area contributed by atoms with Crippen LogP contribution in [0.5, 0.6) is 0 Å². The Hall–Kier alpha value is -1.74. The van der Waals surface area contributed by atoms with Gasteiger partial charge in [-0.25, -0.2) is 9.37 Å². The lowest BCUT2D eigenvalue weighted by molar-refractivity contribution is 0.618. The van der Waals surface area contributed by atoms with Gasteiger partial charge in [0, 0.05) is 5.56 Å². The molecular weight excluding hydrogens is 275 g/mol. The van der Waals surface area contributed by atoms with Gasteiger partial charge in [0.25, 0.3) is 0 Å². The van der Waals surface area contributed by atoms with Gasteiger partial charge in [0.05, 0.1) is 11.9 Å². The Labute approximate surface area is 123 Å². The minimum atomic E-state index is -0.416. The molecule has 20 heavy (non-hydrogen) atoms. The van der Waals surface area contributed by atoms with Crippen molar-refractivity contribution in [1.82, 2.24) is 4.98 Å². The molecule has 0 radical (unpaired) electrons. The summed E-state index contributed by atoms with van der Waals surface area (Å²) in [7, 11) is 0. The van der Waals surface area contributed by atoms with E-state index >= 15 is 0 Å². The van der Waals surface area contributed by atoms with Gasteiger partial charge in [-0.3, -0.25) is 0 Å². The molecule has 2 rings (SSSR count). The quantitative estimate of drug-likeness (QED) is 0.779. The van der Waals surface area contributed by atoms with Crippen LogP contribution < -0.4 is 0 Å². The maximum Gasteiger partial charge on any atom is 0.149 e. The van der Waals surface area contributed by atoms with E-state index in [1.807, 2.05) is 13.0 Å². The molecule has 1 aliphatic rings. The third-order valence-corrected chi connectivity index (χ3v) is 3.65. The average molecular weight is 291 g/mol. The second-order valence-electron chi connectivity index (χ2n) is 5.08. The Morgan fingerprint density at radius 1 is 1.35 bits per heavy atom. The number of allylic oxidation sites excluding steroid dienone is 6. The van der Waals surface area contributed by atoms with Gasteiger partial charge in [0.1, 0.15) is 11.0 Å². The second-order valence-corrected chi connectivity index (χ2v) is 5.47. The molecule has 1 aromatic heterocycles. The Morgan fingerprint density at radius 2 is 2.05 bits per heavy atom. The van der Waals surface area contributed by atoms with E-state index in [4.69, 9.17) is 17.0 Å². The third kappa shape index (κ3) is 2.88. The smallest absolute Gasteiger partial charge is 0.149 e. The Kier molecular flexibility index (Phi) is 4.19. The SMILES string of the molecule is C/C(=C1/C=C(c2cc(Cl)ncc2F)C=CC1=N)C(C)C. The fourth-order valence-corrected chi connectivity index (χ4v) is 2.14. The molecule has 0 amide bonds. The standard InChI is InChI=1S/C16H16ClFN2/c1-9(2)10(3)12-6-11(4-5-15(12)19)13-7-16(17)20-8-14(13)18/h4-9,19H,1-3H3/b12-10+,19-15?. The fraction of sp³-hybridized carbons (Fsp3) is 0.250. The van der Waals surface area contributed by atoms with Crippen LogP contribution in [0.15, 0.2) is 41.6 Å². The minimum Gasteiger partial charge on any atom is -0.300 e. The molecule has 104 valence electrons. The average Bonchev–Trinajstić information content (AvgIpc) is 2.41. The highest BCUT2D eigenvalue weighted by molar-refractivity contribution is 6.29. The fourth-order valence-electron chi connectivity index (χ4n) is 1.98. The van der Waals surface area contributed by atoms with Gasteiger partial charge in [-0.1, -0.05) is 37.1 Å². The lowest BCUT2D eigenvalue weighted by atomic mass is 9.89. The van der Waals surface area contributed by atoms with Crippen molar-refractivity contribution in [2.75, 3.05) is 0 Å². The Morgan fingerprint density at radius 3 is 2.70 bits per heavy atom. The molecule has 1 aliphatic carbocycles. The third-order valence-electron chi connectivity index (χ3n) is 3.44. The molecule has 0 aromatic carbocycles. The van der Waals surface area contributed by atoms with E-state index < -0.39 is 5.82 Å². The summed E-state index contributed by atoms with van der Waals surface area (Å²) in [5, 5.41) is 8.25. The van der Waals surface area contributed by atoms with E-state index in [0.29, 0.717) is 22.8 Å². The van der Waals surface area contributed by atoms with Gasteiger partial charge in [-0.15, -0.1) is 0 Å². The van der Waals surface area contributed by atoms with Crippen molar-refractivity contribution in [3.05, 3.63) is 58.2 Å². The highest BCUT2D eigenvalue weighted by Crippen LogP contribution is 2.29. The van der Waals surface area contributed by atoms with Crippen LogP contribution in [0, 0.1) is 17.1 Å². The number of halogens is 2. The van der Waals surface area contributed by atoms with Crippen molar-refractivity contribution in [1.29, 1.82) is 5.41 Å². The topological polar surface area (TPSA) is 36.7 Å². The van der Waals surface area contributed by atoms with Crippen molar-refractivity contribution < 1.29 is 4.39 Å². The molecule has 0 aliphatic heterocycles. The summed E-state index contributed by atoms with van der Waals surface area (Å²) in [6, 6.07) is 1.50. The molecule has 0 atom stereocenters. The summed E-state index contributed by atoms with van der Waals surface area (Å²) in [5.41, 5.74) is 3.50. The zero-order chi connectivity index (χ0) is 14.9. The summed E-state index contributed by atoms with van der Waals surface area (Å²) in [4.78, 5) is 3.72. The molecule has 0 spiro atoms. The van der Waals surface area contributed by atoms with Crippen molar-refractivity contribution >= 4 is 22.9 Å². The number of hydrogen-bond donors (Lipinski definition) is 1. The number of pyridine rings is 1. The van der Waals surface area contributed by atoms with E-state index in [1.54, 1.807) is 12.2 Å². The second kappa shape index (κ2) is 5.71. The van der Waals surface area contributed by atoms with Crippen molar-refractivity contribution in [2.45, 2.75) is 20.8 Å². The van der Waals surface area contributed by atoms with E-state index in [2.05, 4.69) is 18.8 Å². The zero-order valence-corrected chi connectivity index (χ0v) is 12.4. The van der Waals surface area contributed by atoms with Crippen LogP contribution in [-0.2, 0) is 0 Å². The molecule has 0 saturated heterocycles. The van der Waals surface area contributed by atoms with E-state index in [-0.39, 0.29) is 5.15 Å². The maximum atomic E-state index is 13.9. The molecule has 0 unspecified atom stereocenters. The molecular formula is C16H16ClFN2. The zero-order valence-electron chi connectivity index (χ0n) is 11.7. The van der Waals surface area contributed by atoms with E-state index in [1.165, 1.54) is 6.07 Å². The highest BCUT2D eigenvalue weighted by atomic mass is 35.5. The van der Waals surface area contributed by atoms with Crippen LogP contribution in [0.3, 0.4) is 0 Å². The summed E-state index contributed by atoms with van der Waals surface area (Å²) in [5.74, 6) is -0.0829. The molecule has 2 nitrogen and oxygen atoms in total. The molecule has 4 heteroatoms. The molecule has 0 fully saturated rings. The van der Waals surface area contributed by atoms with Gasteiger partial charge in [0.2, 0.25) is 0 Å². The number of aromatic nitrogens is 1. The van der Waals surface area contributed by atoms with Crippen LogP contribution in [-0.4, -0.2) is 10.7 Å². The van der Waals surface area contributed by atoms with E-state index in [0.717, 1.165) is 17.3 Å². The summed E-state index contributed by atoms with van der Waals surface area (Å²) >= 11 is 5.83. The van der Waals surface area contributed by atoms with Crippen LogP contribution in [0.2, 0.25) is 5.15 Å².